The van der Waals surface area contributed by atoms with Gasteiger partial charge >= 0.3 is 5.97 Å². The molecule has 17 heavy (non-hydrogen) atoms. The fourth-order valence-electron chi connectivity index (χ4n) is 1.70. The highest BCUT2D eigenvalue weighted by Gasteiger charge is 2.32. The number of hydrogen-bond donors (Lipinski definition) is 1. The third kappa shape index (κ3) is 3.62. The van der Waals surface area contributed by atoms with Crippen molar-refractivity contribution in [3.05, 3.63) is 33.8 Å². The van der Waals surface area contributed by atoms with Gasteiger partial charge in [-0.25, -0.2) is 0 Å². The topological polar surface area (TPSA) is 37.3 Å². The Morgan fingerprint density at radius 2 is 1.76 bits per heavy atom. The normalized spacial score (nSPS) is 13.5. The van der Waals surface area contributed by atoms with E-state index in [0.717, 1.165) is 0 Å². The highest BCUT2D eigenvalue weighted by molar-refractivity contribution is 6.36. The van der Waals surface area contributed by atoms with Gasteiger partial charge in [0.2, 0.25) is 0 Å². The second-order valence-corrected chi connectivity index (χ2v) is 5.98. The highest BCUT2D eigenvalue weighted by atomic mass is 35.5. The van der Waals surface area contributed by atoms with Crippen molar-refractivity contribution < 1.29 is 9.90 Å². The number of carboxylic acid groups (broad SMARTS) is 1. The first-order valence-corrected chi connectivity index (χ1v) is 6.14. The Balaban J connectivity index is 3.07. The maximum absolute atomic E-state index is 11.3. The summed E-state index contributed by atoms with van der Waals surface area (Å²) >= 11 is 12.1. The summed E-state index contributed by atoms with van der Waals surface area (Å²) in [6.45, 7) is 5.70. The van der Waals surface area contributed by atoms with Gasteiger partial charge in [0.15, 0.2) is 0 Å². The van der Waals surface area contributed by atoms with Gasteiger partial charge in [0.1, 0.15) is 0 Å². The first kappa shape index (κ1) is 14.3. The first-order valence-electron chi connectivity index (χ1n) is 5.39. The summed E-state index contributed by atoms with van der Waals surface area (Å²) in [6.07, 6.45) is 0.345. The molecular weight excluding hydrogens is 259 g/mol. The molecule has 0 aromatic heterocycles. The molecule has 0 bridgehead atoms. The lowest BCUT2D eigenvalue weighted by Crippen LogP contribution is -2.30. The van der Waals surface area contributed by atoms with Crippen LogP contribution in [-0.4, -0.2) is 11.1 Å². The second kappa shape index (κ2) is 5.28. The molecule has 0 aliphatic heterocycles. The Labute approximate surface area is 112 Å². The van der Waals surface area contributed by atoms with Crippen molar-refractivity contribution in [1.82, 2.24) is 0 Å². The molecule has 0 fully saturated rings. The van der Waals surface area contributed by atoms with E-state index in [2.05, 4.69) is 0 Å². The van der Waals surface area contributed by atoms with Crippen LogP contribution in [0.4, 0.5) is 0 Å². The summed E-state index contributed by atoms with van der Waals surface area (Å²) in [7, 11) is 0. The summed E-state index contributed by atoms with van der Waals surface area (Å²) in [5.74, 6) is -1.34. The molecule has 1 aromatic carbocycles. The van der Waals surface area contributed by atoms with Gasteiger partial charge in [-0.2, -0.15) is 0 Å². The minimum atomic E-state index is -0.825. The average molecular weight is 275 g/mol. The maximum Gasteiger partial charge on any atom is 0.307 e. The van der Waals surface area contributed by atoms with Crippen molar-refractivity contribution in [2.45, 2.75) is 27.2 Å². The van der Waals surface area contributed by atoms with E-state index in [0.29, 0.717) is 22.0 Å². The molecule has 0 saturated heterocycles. The number of rotatable bonds is 3. The summed E-state index contributed by atoms with van der Waals surface area (Å²) < 4.78 is 0. The van der Waals surface area contributed by atoms with Crippen LogP contribution in [-0.2, 0) is 11.2 Å². The maximum atomic E-state index is 11.3. The van der Waals surface area contributed by atoms with Crippen LogP contribution in [0.25, 0.3) is 0 Å². The summed E-state index contributed by atoms with van der Waals surface area (Å²) in [5, 5.41) is 10.3. The summed E-state index contributed by atoms with van der Waals surface area (Å²) in [5.41, 5.74) is 0.368. The van der Waals surface area contributed by atoms with Gasteiger partial charge in [0, 0.05) is 10.0 Å². The molecule has 1 unspecified atom stereocenters. The molecule has 0 aliphatic carbocycles. The lowest BCUT2D eigenvalue weighted by molar-refractivity contribution is -0.145. The van der Waals surface area contributed by atoms with E-state index >= 15 is 0 Å². The van der Waals surface area contributed by atoms with Gasteiger partial charge in [0.05, 0.1) is 5.92 Å². The predicted molar refractivity (Wildman–Crippen MR) is 70.7 cm³/mol. The summed E-state index contributed by atoms with van der Waals surface area (Å²) in [6, 6.07) is 5.20. The van der Waals surface area contributed by atoms with Crippen LogP contribution in [0.1, 0.15) is 26.3 Å². The van der Waals surface area contributed by atoms with Crippen molar-refractivity contribution >= 4 is 29.2 Å². The third-order valence-corrected chi connectivity index (χ3v) is 3.52. The van der Waals surface area contributed by atoms with Crippen molar-refractivity contribution in [2.75, 3.05) is 0 Å². The van der Waals surface area contributed by atoms with Gasteiger partial charge in [-0.3, -0.25) is 4.79 Å². The van der Waals surface area contributed by atoms with Crippen molar-refractivity contribution in [3.63, 3.8) is 0 Å². The molecular formula is C13H16Cl2O2. The zero-order valence-corrected chi connectivity index (χ0v) is 11.6. The molecule has 0 amide bonds. The zero-order chi connectivity index (χ0) is 13.2. The molecule has 94 valence electrons. The van der Waals surface area contributed by atoms with Crippen LogP contribution >= 0.6 is 23.2 Å². The highest BCUT2D eigenvalue weighted by Crippen LogP contribution is 2.34. The van der Waals surface area contributed by atoms with Gasteiger partial charge in [-0.05, 0) is 29.5 Å². The third-order valence-electron chi connectivity index (χ3n) is 2.81. The Bertz CT molecular complexity index is 402. The zero-order valence-electron chi connectivity index (χ0n) is 10.1. The van der Waals surface area contributed by atoms with Crippen molar-refractivity contribution in [3.8, 4) is 0 Å². The Kier molecular flexibility index (Phi) is 4.45. The lowest BCUT2D eigenvalue weighted by Gasteiger charge is -2.27. The van der Waals surface area contributed by atoms with E-state index < -0.39 is 11.9 Å². The second-order valence-electron chi connectivity index (χ2n) is 5.16. The van der Waals surface area contributed by atoms with Crippen LogP contribution in [0.5, 0.6) is 0 Å². The lowest BCUT2D eigenvalue weighted by atomic mass is 9.77. The van der Waals surface area contributed by atoms with E-state index in [9.17, 15) is 9.90 Å². The number of hydrogen-bond acceptors (Lipinski definition) is 1. The van der Waals surface area contributed by atoms with Crippen LogP contribution in [0.15, 0.2) is 18.2 Å². The quantitative estimate of drug-likeness (QED) is 0.893. The first-order chi connectivity index (χ1) is 7.73. The van der Waals surface area contributed by atoms with Gasteiger partial charge in [-0.15, -0.1) is 0 Å². The molecule has 1 aromatic rings. The van der Waals surface area contributed by atoms with Crippen molar-refractivity contribution in [1.29, 1.82) is 0 Å². The van der Waals surface area contributed by atoms with E-state index in [1.807, 2.05) is 20.8 Å². The van der Waals surface area contributed by atoms with E-state index in [1.165, 1.54) is 0 Å². The molecule has 1 N–H and O–H groups in total. The predicted octanol–water partition coefficient (Wildman–Crippen LogP) is 4.28. The molecule has 0 aliphatic rings. The molecule has 0 saturated carbocycles. The van der Waals surface area contributed by atoms with E-state index in [4.69, 9.17) is 23.2 Å². The molecule has 1 rings (SSSR count). The molecule has 0 radical (unpaired) electrons. The number of aliphatic carboxylic acids is 1. The van der Waals surface area contributed by atoms with Crippen LogP contribution in [0, 0.1) is 11.3 Å². The minimum Gasteiger partial charge on any atom is -0.481 e. The Morgan fingerprint density at radius 3 is 2.12 bits per heavy atom. The largest absolute Gasteiger partial charge is 0.481 e. The molecule has 0 heterocycles. The summed E-state index contributed by atoms with van der Waals surface area (Å²) in [4.78, 5) is 11.3. The van der Waals surface area contributed by atoms with Crippen molar-refractivity contribution in [2.24, 2.45) is 11.3 Å². The standard InChI is InChI=1S/C13H16Cl2O2/c1-13(2,3)9(12(16)17)7-8-10(14)5-4-6-11(8)15/h4-6,9H,7H2,1-3H3,(H,16,17). The fourth-order valence-corrected chi connectivity index (χ4v) is 2.25. The smallest absolute Gasteiger partial charge is 0.307 e. The Morgan fingerprint density at radius 1 is 1.29 bits per heavy atom. The monoisotopic (exact) mass is 274 g/mol. The number of carbonyl (C=O) groups is 1. The van der Waals surface area contributed by atoms with E-state index in [-0.39, 0.29) is 5.41 Å². The fraction of sp³-hybridized carbons (Fsp3) is 0.462. The van der Waals surface area contributed by atoms with Crippen LogP contribution in [0.3, 0.4) is 0 Å². The Hall–Kier alpha value is -0.730. The minimum absolute atomic E-state index is 0.339. The SMILES string of the molecule is CC(C)(C)C(Cc1c(Cl)cccc1Cl)C(=O)O. The van der Waals surface area contributed by atoms with E-state index in [1.54, 1.807) is 18.2 Å². The number of halogens is 2. The number of carboxylic acids is 1. The number of benzene rings is 1. The van der Waals surface area contributed by atoms with Gasteiger partial charge in [0.25, 0.3) is 0 Å². The van der Waals surface area contributed by atoms with Crippen LogP contribution in [0.2, 0.25) is 10.0 Å². The molecule has 0 spiro atoms. The van der Waals surface area contributed by atoms with Gasteiger partial charge in [-0.1, -0.05) is 50.0 Å². The average Bonchev–Trinajstić information content (AvgIpc) is 2.14. The van der Waals surface area contributed by atoms with Gasteiger partial charge < -0.3 is 5.11 Å². The molecule has 1 atom stereocenters. The molecule has 2 nitrogen and oxygen atoms in total. The van der Waals surface area contributed by atoms with Crippen LogP contribution < -0.4 is 0 Å². The molecule has 4 heteroatoms.